The first kappa shape index (κ1) is 54.8. The van der Waals surface area contributed by atoms with Crippen LogP contribution in [0.5, 0.6) is 5.75 Å². The number of ether oxygens (including phenoxy) is 1. The molecule has 19 heteroatoms. The average Bonchev–Trinajstić information content (AvgIpc) is 3.99. The molecule has 16 nitrogen and oxygen atoms in total. The van der Waals surface area contributed by atoms with Crippen LogP contribution in [0.15, 0.2) is 94.2 Å². The van der Waals surface area contributed by atoms with Crippen LogP contribution in [0.2, 0.25) is 5.02 Å². The van der Waals surface area contributed by atoms with E-state index < -0.39 is 60.0 Å². The summed E-state index contributed by atoms with van der Waals surface area (Å²) < 4.78 is 68.7. The summed E-state index contributed by atoms with van der Waals surface area (Å²) in [5.41, 5.74) is 2.64. The number of phenolic OH excluding ortho intramolecular Hbond substituents is 1. The second kappa shape index (κ2) is 20.8. The van der Waals surface area contributed by atoms with Crippen LogP contribution in [0, 0.1) is 29.1 Å². The highest BCUT2D eigenvalue weighted by atomic mass is 35.5. The van der Waals surface area contributed by atoms with Crippen molar-refractivity contribution in [1.29, 1.82) is 5.26 Å². The fourth-order valence-electron chi connectivity index (χ4n) is 9.50. The van der Waals surface area contributed by atoms with Crippen molar-refractivity contribution in [2.45, 2.75) is 117 Å². The van der Waals surface area contributed by atoms with Gasteiger partial charge in [0.05, 0.1) is 33.2 Å². The third-order valence-electron chi connectivity index (χ3n) is 12.7. The van der Waals surface area contributed by atoms with E-state index in [1.54, 1.807) is 57.2 Å². The van der Waals surface area contributed by atoms with E-state index in [4.69, 9.17) is 25.7 Å². The highest BCUT2D eigenvalue weighted by Crippen LogP contribution is 2.41. The SMILES string of the molecule is Cc1cc(N(C(=O)OC(C(=O)Nc2cc(NS(=O)(=O)c3cc(O)c(NS(C)(=O)=O)c4ccccc34)ccc2Cl)C(=O)C(C)(C)C)C2CCCC2)ccc1/C=C(\C#N)c1nc2cc(C(C)(C)CC(C)(C)C)ccc2o1. The van der Waals surface area contributed by atoms with Crippen molar-refractivity contribution in [3.05, 3.63) is 113 Å². The Morgan fingerprint density at radius 1 is 0.919 bits per heavy atom. The number of carbonyl (C=O) groups is 3. The summed E-state index contributed by atoms with van der Waals surface area (Å²) in [7, 11) is -8.39. The van der Waals surface area contributed by atoms with E-state index in [1.807, 2.05) is 25.1 Å². The van der Waals surface area contributed by atoms with Crippen molar-refractivity contribution >= 4 is 106 Å². The quantitative estimate of drug-likeness (QED) is 0.0427. The van der Waals surface area contributed by atoms with Crippen LogP contribution in [0.4, 0.5) is 27.5 Å². The molecule has 1 unspecified atom stereocenters. The van der Waals surface area contributed by atoms with Crippen LogP contribution in [0.3, 0.4) is 0 Å². The molecule has 74 heavy (non-hydrogen) atoms. The van der Waals surface area contributed by atoms with Gasteiger partial charge in [0.2, 0.25) is 22.0 Å². The molecule has 1 aliphatic carbocycles. The number of halogens is 1. The lowest BCUT2D eigenvalue weighted by Gasteiger charge is -2.32. The number of aromatic nitrogens is 1. The lowest BCUT2D eigenvalue weighted by atomic mass is 9.72. The Bertz CT molecular complexity index is 3510. The first-order chi connectivity index (χ1) is 34.4. The smallest absolute Gasteiger partial charge is 0.415 e. The normalized spacial score (nSPS) is 14.4. The van der Waals surface area contributed by atoms with E-state index in [-0.39, 0.29) is 61.2 Å². The van der Waals surface area contributed by atoms with Crippen LogP contribution >= 0.6 is 11.6 Å². The van der Waals surface area contributed by atoms with Crippen molar-refractivity contribution in [3.8, 4) is 11.8 Å². The second-order valence-electron chi connectivity index (χ2n) is 21.7. The lowest BCUT2D eigenvalue weighted by Crippen LogP contribution is -2.48. The molecule has 2 amide bonds. The number of benzene rings is 5. The molecule has 390 valence electrons. The van der Waals surface area contributed by atoms with Gasteiger partial charge in [0.1, 0.15) is 22.9 Å². The molecule has 0 radical (unpaired) electrons. The number of aryl methyl sites for hydroxylation is 1. The molecule has 1 atom stereocenters. The molecule has 1 aromatic heterocycles. The third kappa shape index (κ3) is 12.5. The summed E-state index contributed by atoms with van der Waals surface area (Å²) in [4.78, 5) is 48.6. The Morgan fingerprint density at radius 3 is 2.22 bits per heavy atom. The van der Waals surface area contributed by atoms with Gasteiger partial charge in [-0.3, -0.25) is 23.9 Å². The van der Waals surface area contributed by atoms with Crippen molar-refractivity contribution in [2.75, 3.05) is 25.9 Å². The fraction of sp³-hybridized carbons (Fsp3) is 0.364. The van der Waals surface area contributed by atoms with Crippen molar-refractivity contribution < 1.29 is 45.5 Å². The van der Waals surface area contributed by atoms with Crippen LogP contribution in [-0.2, 0) is 39.8 Å². The van der Waals surface area contributed by atoms with Crippen molar-refractivity contribution in [1.82, 2.24) is 4.98 Å². The number of allylic oxidation sites excluding steroid dienone is 1. The van der Waals surface area contributed by atoms with E-state index in [0.717, 1.165) is 37.1 Å². The Hall–Kier alpha value is -6.94. The number of sulfonamides is 2. The molecular weight excluding hydrogens is 1000 g/mol. The molecular formula is C55H61ClN6O10S2. The van der Waals surface area contributed by atoms with Gasteiger partial charge in [-0.2, -0.15) is 5.26 Å². The molecule has 0 bridgehead atoms. The Labute approximate surface area is 437 Å². The van der Waals surface area contributed by atoms with E-state index in [1.165, 1.54) is 35.2 Å². The van der Waals surface area contributed by atoms with Crippen molar-refractivity contribution in [3.63, 3.8) is 0 Å². The van der Waals surface area contributed by atoms with Gasteiger partial charge in [-0.15, -0.1) is 0 Å². The topological polar surface area (TPSA) is 238 Å². The Morgan fingerprint density at radius 2 is 1.59 bits per heavy atom. The van der Waals surface area contributed by atoms with Gasteiger partial charge in [0.15, 0.2) is 11.4 Å². The number of fused-ring (bicyclic) bond motifs is 2. The molecule has 4 N–H and O–H groups in total. The van der Waals surface area contributed by atoms with Crippen LogP contribution < -0.4 is 19.7 Å². The van der Waals surface area contributed by atoms with E-state index in [2.05, 4.69) is 55.4 Å². The number of aromatic hydroxyl groups is 1. The average molecular weight is 1070 g/mol. The van der Waals surface area contributed by atoms with Gasteiger partial charge in [-0.1, -0.05) is 116 Å². The predicted molar refractivity (Wildman–Crippen MR) is 290 cm³/mol. The number of Topliss-reactive ketones (excluding diaryl/α,β-unsaturated/α-hetero) is 1. The number of hydrogen-bond acceptors (Lipinski definition) is 12. The molecule has 1 saturated carbocycles. The molecule has 0 aliphatic heterocycles. The summed E-state index contributed by atoms with van der Waals surface area (Å²) in [6.07, 6.45) is 3.47. The van der Waals surface area contributed by atoms with E-state index in [0.29, 0.717) is 40.8 Å². The number of phenols is 1. The minimum atomic E-state index is -4.53. The molecule has 0 spiro atoms. The van der Waals surface area contributed by atoms with Gasteiger partial charge < -0.3 is 19.6 Å². The molecule has 1 heterocycles. The number of oxazole rings is 1. The summed E-state index contributed by atoms with van der Waals surface area (Å²) >= 11 is 6.54. The number of ketones is 1. The highest BCUT2D eigenvalue weighted by molar-refractivity contribution is 7.93. The van der Waals surface area contributed by atoms with Gasteiger partial charge in [0, 0.05) is 34.0 Å². The number of amides is 2. The minimum absolute atomic E-state index is 0.0495. The third-order valence-corrected chi connectivity index (χ3v) is 15.0. The van der Waals surface area contributed by atoms with E-state index >= 15 is 0 Å². The molecule has 1 fully saturated rings. The summed E-state index contributed by atoms with van der Waals surface area (Å²) in [5, 5.41) is 23.9. The molecule has 1 aliphatic rings. The van der Waals surface area contributed by atoms with Crippen LogP contribution in [0.1, 0.15) is 110 Å². The van der Waals surface area contributed by atoms with Crippen LogP contribution in [-0.4, -0.2) is 63.1 Å². The maximum absolute atomic E-state index is 14.5. The zero-order chi connectivity index (χ0) is 54.3. The largest absolute Gasteiger partial charge is 0.506 e. The number of anilines is 4. The van der Waals surface area contributed by atoms with Gasteiger partial charge in [-0.25, -0.2) is 26.6 Å². The maximum Gasteiger partial charge on any atom is 0.415 e. The highest BCUT2D eigenvalue weighted by Gasteiger charge is 2.41. The number of nitrogens with one attached hydrogen (secondary N) is 3. The van der Waals surface area contributed by atoms with Gasteiger partial charge in [-0.05, 0) is 102 Å². The standard InChI is InChI=1S/C55H61ClN6O10S2/c1-32-25-38(22-19-33(32)26-34(30-57)51-59-43-27-35(20-24-45(43)71-51)55(8,9)31-53(2,3)4)62(37-15-11-12-16-37)52(66)72-48(49(64)54(5,6)7)50(65)58-42-28-36(21-23-41(42)56)60-74(69,70)46-29-44(63)47(61-73(10,67)68)40-18-14-13-17-39(40)46/h13-14,17-29,37,48,60-61,63H,11-12,15-16,31H2,1-10H3,(H,58,65)/b34-26+. The lowest BCUT2D eigenvalue weighted by molar-refractivity contribution is -0.142. The molecule has 0 saturated heterocycles. The summed E-state index contributed by atoms with van der Waals surface area (Å²) in [6.45, 7) is 17.6. The number of nitrogens with zero attached hydrogens (tertiary/aromatic N) is 3. The minimum Gasteiger partial charge on any atom is -0.506 e. The molecule has 7 rings (SSSR count). The van der Waals surface area contributed by atoms with Crippen molar-refractivity contribution in [2.24, 2.45) is 10.8 Å². The number of carbonyl (C=O) groups excluding carboxylic acids is 3. The Kier molecular flexibility index (Phi) is 15.4. The zero-order valence-electron chi connectivity index (χ0n) is 43.0. The zero-order valence-corrected chi connectivity index (χ0v) is 45.4. The second-order valence-corrected chi connectivity index (χ2v) is 25.5. The molecule has 6 aromatic rings. The predicted octanol–water partition coefficient (Wildman–Crippen LogP) is 12.1. The monoisotopic (exact) mass is 1060 g/mol. The number of rotatable bonds is 15. The Balaban J connectivity index is 1.14. The fourth-order valence-corrected chi connectivity index (χ4v) is 11.5. The summed E-state index contributed by atoms with van der Waals surface area (Å²) in [6, 6.07) is 23.8. The van der Waals surface area contributed by atoms with E-state index in [9.17, 15) is 41.6 Å². The summed E-state index contributed by atoms with van der Waals surface area (Å²) in [5.74, 6) is -2.27. The maximum atomic E-state index is 14.5. The van der Waals surface area contributed by atoms with Gasteiger partial charge >= 0.3 is 6.09 Å². The first-order valence-electron chi connectivity index (χ1n) is 24.0. The first-order valence-corrected chi connectivity index (χ1v) is 27.7. The van der Waals surface area contributed by atoms with Crippen LogP contribution in [0.25, 0.3) is 33.5 Å². The van der Waals surface area contributed by atoms with Gasteiger partial charge in [0.25, 0.3) is 15.9 Å². The number of nitriles is 1. The number of hydrogen-bond donors (Lipinski definition) is 4. The molecule has 5 aromatic carbocycles.